The second-order valence-corrected chi connectivity index (χ2v) is 7.84. The van der Waals surface area contributed by atoms with Gasteiger partial charge in [0.05, 0.1) is 24.2 Å². The lowest BCUT2D eigenvalue weighted by Gasteiger charge is -2.28. The fraction of sp³-hybridized carbons (Fsp3) is 0.444. The zero-order valence-electron chi connectivity index (χ0n) is 15.6. The van der Waals surface area contributed by atoms with E-state index < -0.39 is 5.25 Å². The van der Waals surface area contributed by atoms with Crippen molar-refractivity contribution in [1.29, 1.82) is 0 Å². The minimum absolute atomic E-state index is 0.226. The quantitative estimate of drug-likeness (QED) is 0.750. The van der Waals surface area contributed by atoms with Gasteiger partial charge in [0.2, 0.25) is 11.9 Å². The lowest BCUT2D eigenvalue weighted by Crippen LogP contribution is -2.39. The van der Waals surface area contributed by atoms with E-state index >= 15 is 0 Å². The second-order valence-electron chi connectivity index (χ2n) is 6.53. The van der Waals surface area contributed by atoms with Crippen LogP contribution in [-0.4, -0.2) is 76.2 Å². The summed E-state index contributed by atoms with van der Waals surface area (Å²) >= 11 is 1.31. The van der Waals surface area contributed by atoms with Crippen LogP contribution >= 0.6 is 11.8 Å². The molecule has 2 saturated heterocycles. The molecule has 1 aromatic carbocycles. The average Bonchev–Trinajstić information content (AvgIpc) is 3.35. The highest BCUT2D eigenvalue weighted by atomic mass is 32.2. The minimum Gasteiger partial charge on any atom is -0.378 e. The molecule has 0 radical (unpaired) electrons. The molecule has 1 aromatic heterocycles. The van der Waals surface area contributed by atoms with Crippen LogP contribution in [0.5, 0.6) is 0 Å². The van der Waals surface area contributed by atoms with Gasteiger partial charge in [-0.05, 0) is 19.1 Å². The van der Waals surface area contributed by atoms with Gasteiger partial charge in [-0.25, -0.2) is 4.79 Å². The van der Waals surface area contributed by atoms with Crippen molar-refractivity contribution < 1.29 is 14.3 Å². The van der Waals surface area contributed by atoms with Crippen molar-refractivity contribution in [2.24, 2.45) is 0 Å². The molecule has 2 aromatic rings. The Kier molecular flexibility index (Phi) is 5.49. The van der Waals surface area contributed by atoms with Crippen LogP contribution in [0.1, 0.15) is 6.92 Å². The summed E-state index contributed by atoms with van der Waals surface area (Å²) in [6, 6.07) is 9.49. The molecule has 0 spiro atoms. The van der Waals surface area contributed by atoms with Gasteiger partial charge >= 0.3 is 6.03 Å². The zero-order valence-corrected chi connectivity index (χ0v) is 16.4. The number of hydrogen-bond acceptors (Lipinski definition) is 7. The van der Waals surface area contributed by atoms with Crippen molar-refractivity contribution in [1.82, 2.24) is 25.0 Å². The molecule has 0 aliphatic carbocycles. The van der Waals surface area contributed by atoms with Crippen molar-refractivity contribution >= 4 is 29.6 Å². The van der Waals surface area contributed by atoms with Gasteiger partial charge in [-0.2, -0.15) is 0 Å². The Morgan fingerprint density at radius 2 is 1.93 bits per heavy atom. The summed E-state index contributed by atoms with van der Waals surface area (Å²) in [7, 11) is 0. The standard InChI is InChI=1S/C18H22N6O3S/c1-13(15(25)23-8-7-19-17(23)26)28-18-21-20-16(22-9-11-27-12-10-22)24(18)14-5-3-2-4-6-14/h2-6,13H,7-12H2,1H3,(H,19,26). The molecule has 2 fully saturated rings. The number of urea groups is 1. The van der Waals surface area contributed by atoms with Gasteiger partial charge in [-0.15, -0.1) is 10.2 Å². The van der Waals surface area contributed by atoms with E-state index in [2.05, 4.69) is 20.4 Å². The predicted molar refractivity (Wildman–Crippen MR) is 105 cm³/mol. The van der Waals surface area contributed by atoms with Crippen LogP contribution in [0.2, 0.25) is 0 Å². The number of anilines is 1. The largest absolute Gasteiger partial charge is 0.378 e. The number of thioether (sulfide) groups is 1. The molecule has 2 aliphatic rings. The maximum absolute atomic E-state index is 12.7. The number of morpholine rings is 1. The number of amides is 3. The summed E-state index contributed by atoms with van der Waals surface area (Å²) in [5.41, 5.74) is 0.926. The van der Waals surface area contributed by atoms with Crippen LogP contribution in [-0.2, 0) is 9.53 Å². The number of imide groups is 1. The van der Waals surface area contributed by atoms with Crippen LogP contribution < -0.4 is 10.2 Å². The topological polar surface area (TPSA) is 92.6 Å². The Morgan fingerprint density at radius 1 is 1.18 bits per heavy atom. The van der Waals surface area contributed by atoms with E-state index in [1.54, 1.807) is 6.92 Å². The predicted octanol–water partition coefficient (Wildman–Crippen LogP) is 1.14. The molecular weight excluding hydrogens is 380 g/mol. The normalized spacial score (nSPS) is 18.2. The maximum atomic E-state index is 12.7. The maximum Gasteiger partial charge on any atom is 0.324 e. The van der Waals surface area contributed by atoms with Gasteiger partial charge in [-0.1, -0.05) is 30.0 Å². The first-order valence-corrected chi connectivity index (χ1v) is 10.1. The van der Waals surface area contributed by atoms with Crippen molar-refractivity contribution in [3.8, 4) is 5.69 Å². The summed E-state index contributed by atoms with van der Waals surface area (Å²) in [6.45, 7) is 5.43. The number of rotatable bonds is 5. The molecule has 148 valence electrons. The lowest BCUT2D eigenvalue weighted by atomic mass is 10.3. The number of carbonyl (C=O) groups excluding carboxylic acids is 2. The SMILES string of the molecule is CC(Sc1nnc(N2CCOCC2)n1-c1ccccc1)C(=O)N1CCNC1=O. The van der Waals surface area contributed by atoms with E-state index in [4.69, 9.17) is 4.74 Å². The summed E-state index contributed by atoms with van der Waals surface area (Å²) in [4.78, 5) is 27.9. The van der Waals surface area contributed by atoms with E-state index in [1.807, 2.05) is 34.9 Å². The molecular formula is C18H22N6O3S. The van der Waals surface area contributed by atoms with E-state index in [9.17, 15) is 9.59 Å². The van der Waals surface area contributed by atoms with Crippen molar-refractivity contribution in [3.05, 3.63) is 30.3 Å². The molecule has 3 heterocycles. The minimum atomic E-state index is -0.465. The monoisotopic (exact) mass is 402 g/mol. The number of para-hydroxylation sites is 1. The first-order chi connectivity index (χ1) is 13.6. The van der Waals surface area contributed by atoms with Gasteiger partial charge in [0.25, 0.3) is 0 Å². The molecule has 2 aliphatic heterocycles. The van der Waals surface area contributed by atoms with Gasteiger partial charge in [0.1, 0.15) is 0 Å². The Labute approximate surface area is 167 Å². The molecule has 1 unspecified atom stereocenters. The van der Waals surface area contributed by atoms with Crippen LogP contribution in [0, 0.1) is 0 Å². The fourth-order valence-corrected chi connectivity index (χ4v) is 4.14. The number of carbonyl (C=O) groups is 2. The Morgan fingerprint density at radius 3 is 2.61 bits per heavy atom. The second kappa shape index (κ2) is 8.19. The summed E-state index contributed by atoms with van der Waals surface area (Å²) < 4.78 is 7.41. The van der Waals surface area contributed by atoms with Crippen molar-refractivity contribution in [3.63, 3.8) is 0 Å². The number of aromatic nitrogens is 3. The summed E-state index contributed by atoms with van der Waals surface area (Å²) in [5.74, 6) is 0.506. The van der Waals surface area contributed by atoms with Gasteiger partial charge in [0, 0.05) is 26.2 Å². The van der Waals surface area contributed by atoms with E-state index in [1.165, 1.54) is 16.7 Å². The van der Waals surface area contributed by atoms with Crippen molar-refractivity contribution in [2.75, 3.05) is 44.3 Å². The third kappa shape index (κ3) is 3.69. The molecule has 4 rings (SSSR count). The van der Waals surface area contributed by atoms with Crippen LogP contribution in [0.4, 0.5) is 10.7 Å². The average molecular weight is 402 g/mol. The number of nitrogens with zero attached hydrogens (tertiary/aromatic N) is 5. The van der Waals surface area contributed by atoms with E-state index in [0.29, 0.717) is 31.5 Å². The first kappa shape index (κ1) is 18.8. The molecule has 0 bridgehead atoms. The molecule has 1 atom stereocenters. The van der Waals surface area contributed by atoms with Crippen LogP contribution in [0.15, 0.2) is 35.5 Å². The summed E-state index contributed by atoms with van der Waals surface area (Å²) in [6.07, 6.45) is 0. The highest BCUT2D eigenvalue weighted by Gasteiger charge is 2.32. The smallest absolute Gasteiger partial charge is 0.324 e. The van der Waals surface area contributed by atoms with Gasteiger partial charge < -0.3 is 15.0 Å². The Bertz CT molecular complexity index is 852. The van der Waals surface area contributed by atoms with E-state index in [-0.39, 0.29) is 11.9 Å². The molecule has 10 heteroatoms. The van der Waals surface area contributed by atoms with Gasteiger partial charge in [-0.3, -0.25) is 14.3 Å². The number of hydrogen-bond donors (Lipinski definition) is 1. The summed E-state index contributed by atoms with van der Waals surface area (Å²) in [5, 5.41) is 11.6. The van der Waals surface area contributed by atoms with E-state index in [0.717, 1.165) is 24.7 Å². The number of nitrogens with one attached hydrogen (secondary N) is 1. The molecule has 1 N–H and O–H groups in total. The van der Waals surface area contributed by atoms with Crippen LogP contribution in [0.25, 0.3) is 5.69 Å². The third-order valence-electron chi connectivity index (χ3n) is 4.68. The number of benzene rings is 1. The first-order valence-electron chi connectivity index (χ1n) is 9.24. The van der Waals surface area contributed by atoms with Crippen LogP contribution in [0.3, 0.4) is 0 Å². The third-order valence-corrected chi connectivity index (χ3v) is 5.71. The zero-order chi connectivity index (χ0) is 19.5. The highest BCUT2D eigenvalue weighted by Crippen LogP contribution is 2.30. The lowest BCUT2D eigenvalue weighted by molar-refractivity contribution is -0.126. The molecule has 9 nitrogen and oxygen atoms in total. The fourth-order valence-electron chi connectivity index (χ4n) is 3.22. The van der Waals surface area contributed by atoms with Gasteiger partial charge in [0.15, 0.2) is 5.16 Å². The molecule has 28 heavy (non-hydrogen) atoms. The van der Waals surface area contributed by atoms with Crippen molar-refractivity contribution in [2.45, 2.75) is 17.3 Å². The Balaban J connectivity index is 1.62. The molecule has 0 saturated carbocycles. The highest BCUT2D eigenvalue weighted by molar-refractivity contribution is 8.00. The Hall–Kier alpha value is -2.59. The number of ether oxygens (including phenoxy) is 1. The molecule has 3 amide bonds.